The maximum Gasteiger partial charge on any atom is 0.0239 e. The Hall–Kier alpha value is -0.860. The fourth-order valence-corrected chi connectivity index (χ4v) is 3.63. The highest BCUT2D eigenvalue weighted by Gasteiger charge is 2.39. The molecule has 2 bridgehead atoms. The molecular weight excluding hydrogens is 208 g/mol. The molecule has 0 aromatic heterocycles. The third kappa shape index (κ3) is 2.24. The predicted molar refractivity (Wildman–Crippen MR) is 70.6 cm³/mol. The maximum atomic E-state index is 5.83. The summed E-state index contributed by atoms with van der Waals surface area (Å²) in [5.74, 6) is 0.777. The van der Waals surface area contributed by atoms with Gasteiger partial charge in [0, 0.05) is 18.6 Å². The van der Waals surface area contributed by atoms with E-state index < -0.39 is 0 Å². The zero-order valence-corrected chi connectivity index (χ0v) is 10.4. The van der Waals surface area contributed by atoms with E-state index in [2.05, 4.69) is 35.2 Å². The average molecular weight is 230 g/mol. The second kappa shape index (κ2) is 4.79. The Balaban J connectivity index is 1.69. The first-order valence-electron chi connectivity index (χ1n) is 6.86. The summed E-state index contributed by atoms with van der Waals surface area (Å²) in [4.78, 5) is 2.72. The molecule has 2 saturated heterocycles. The molecular formula is C15H22N2. The van der Waals surface area contributed by atoms with E-state index >= 15 is 0 Å². The summed E-state index contributed by atoms with van der Waals surface area (Å²) in [6.45, 7) is 2.01. The Bertz CT molecular complexity index is 348. The number of rotatable bonds is 3. The minimum atomic E-state index is 0.777. The molecule has 0 spiro atoms. The summed E-state index contributed by atoms with van der Waals surface area (Å²) in [6, 6.07) is 12.5. The van der Waals surface area contributed by atoms with E-state index in [0.717, 1.165) is 31.1 Å². The van der Waals surface area contributed by atoms with Crippen LogP contribution in [0, 0.1) is 5.92 Å². The van der Waals surface area contributed by atoms with E-state index in [4.69, 9.17) is 5.73 Å². The molecule has 2 heterocycles. The van der Waals surface area contributed by atoms with E-state index in [-0.39, 0.29) is 0 Å². The first-order chi connectivity index (χ1) is 8.36. The van der Waals surface area contributed by atoms with Crippen LogP contribution >= 0.6 is 0 Å². The molecule has 2 aliphatic rings. The number of piperidine rings is 1. The van der Waals surface area contributed by atoms with Gasteiger partial charge in [-0.2, -0.15) is 0 Å². The lowest BCUT2D eigenvalue weighted by Gasteiger charge is -2.38. The van der Waals surface area contributed by atoms with Crippen molar-refractivity contribution in [1.29, 1.82) is 0 Å². The number of nitrogens with zero attached hydrogens (tertiary/aromatic N) is 1. The number of hydrogen-bond donors (Lipinski definition) is 1. The molecule has 0 aliphatic carbocycles. The summed E-state index contributed by atoms with van der Waals surface area (Å²) in [6.07, 6.45) is 5.40. The van der Waals surface area contributed by atoms with Gasteiger partial charge >= 0.3 is 0 Å². The number of fused-ring (bicyclic) bond motifs is 2. The summed E-state index contributed by atoms with van der Waals surface area (Å²) in [5, 5.41) is 0. The van der Waals surface area contributed by atoms with E-state index in [0.29, 0.717) is 0 Å². The Morgan fingerprint density at radius 2 is 1.71 bits per heavy atom. The van der Waals surface area contributed by atoms with E-state index in [1.54, 1.807) is 0 Å². The number of hydrogen-bond acceptors (Lipinski definition) is 2. The van der Waals surface area contributed by atoms with Crippen molar-refractivity contribution >= 4 is 0 Å². The standard InChI is InChI=1S/C15H22N2/c16-10-13-8-14-6-7-15(9-13)17(14)11-12-4-2-1-3-5-12/h1-5,13-15H,6-11,16H2/t13?,14-,15+. The molecule has 17 heavy (non-hydrogen) atoms. The number of benzene rings is 1. The highest BCUT2D eigenvalue weighted by Crippen LogP contribution is 2.39. The van der Waals surface area contributed by atoms with Crippen LogP contribution in [-0.2, 0) is 6.54 Å². The fraction of sp³-hybridized carbons (Fsp3) is 0.600. The van der Waals surface area contributed by atoms with Gasteiger partial charge < -0.3 is 5.73 Å². The van der Waals surface area contributed by atoms with Crippen LogP contribution in [0.25, 0.3) is 0 Å². The lowest BCUT2D eigenvalue weighted by molar-refractivity contribution is 0.0988. The summed E-state index contributed by atoms with van der Waals surface area (Å²) >= 11 is 0. The van der Waals surface area contributed by atoms with Crippen molar-refractivity contribution < 1.29 is 0 Å². The molecule has 92 valence electrons. The van der Waals surface area contributed by atoms with Gasteiger partial charge in [-0.1, -0.05) is 30.3 Å². The second-order valence-electron chi connectivity index (χ2n) is 5.62. The van der Waals surface area contributed by atoms with Gasteiger partial charge in [0.2, 0.25) is 0 Å². The molecule has 2 nitrogen and oxygen atoms in total. The van der Waals surface area contributed by atoms with Gasteiger partial charge in [0.1, 0.15) is 0 Å². The van der Waals surface area contributed by atoms with E-state index in [9.17, 15) is 0 Å². The molecule has 1 unspecified atom stereocenters. The Kier molecular flexibility index (Phi) is 3.17. The SMILES string of the molecule is NCC1C[C@H]2CC[C@@H](C1)N2Cc1ccccc1. The first-order valence-corrected chi connectivity index (χ1v) is 6.86. The minimum Gasteiger partial charge on any atom is -0.330 e. The predicted octanol–water partition coefficient (Wildman–Crippen LogP) is 2.39. The van der Waals surface area contributed by atoms with Gasteiger partial charge in [-0.15, -0.1) is 0 Å². The second-order valence-corrected chi connectivity index (χ2v) is 5.62. The maximum absolute atomic E-state index is 5.83. The van der Waals surface area contributed by atoms with Crippen molar-refractivity contribution in [3.8, 4) is 0 Å². The Labute approximate surface area is 104 Å². The molecule has 2 aliphatic heterocycles. The minimum absolute atomic E-state index is 0.777. The average Bonchev–Trinajstić information content (AvgIpc) is 2.63. The fourth-order valence-electron chi connectivity index (χ4n) is 3.63. The van der Waals surface area contributed by atoms with Gasteiger partial charge in [-0.3, -0.25) is 4.90 Å². The molecule has 2 fully saturated rings. The van der Waals surface area contributed by atoms with Crippen molar-refractivity contribution in [3.63, 3.8) is 0 Å². The molecule has 3 rings (SSSR count). The first kappa shape index (κ1) is 11.2. The molecule has 3 atom stereocenters. The molecule has 0 saturated carbocycles. The normalized spacial score (nSPS) is 32.9. The van der Waals surface area contributed by atoms with Crippen LogP contribution in [-0.4, -0.2) is 23.5 Å². The van der Waals surface area contributed by atoms with Crippen molar-refractivity contribution in [3.05, 3.63) is 35.9 Å². The van der Waals surface area contributed by atoms with Crippen LogP contribution in [0.2, 0.25) is 0 Å². The molecule has 2 heteroatoms. The lowest BCUT2D eigenvalue weighted by atomic mass is 9.90. The van der Waals surface area contributed by atoms with E-state index in [1.165, 1.54) is 31.2 Å². The van der Waals surface area contributed by atoms with Crippen LogP contribution in [0.5, 0.6) is 0 Å². The molecule has 0 amide bonds. The van der Waals surface area contributed by atoms with Crippen molar-refractivity contribution in [2.24, 2.45) is 11.7 Å². The van der Waals surface area contributed by atoms with Crippen molar-refractivity contribution in [2.45, 2.75) is 44.3 Å². The smallest absolute Gasteiger partial charge is 0.0239 e. The van der Waals surface area contributed by atoms with Gasteiger partial charge in [0.15, 0.2) is 0 Å². The number of nitrogens with two attached hydrogens (primary N) is 1. The van der Waals surface area contributed by atoms with Crippen LogP contribution in [0.1, 0.15) is 31.2 Å². The van der Waals surface area contributed by atoms with Crippen LogP contribution in [0.4, 0.5) is 0 Å². The van der Waals surface area contributed by atoms with Gasteiger partial charge in [0.25, 0.3) is 0 Å². The highest BCUT2D eigenvalue weighted by atomic mass is 15.2. The van der Waals surface area contributed by atoms with Crippen molar-refractivity contribution in [1.82, 2.24) is 4.90 Å². The molecule has 1 aromatic carbocycles. The van der Waals surface area contributed by atoms with Gasteiger partial charge in [0.05, 0.1) is 0 Å². The summed E-state index contributed by atoms with van der Waals surface area (Å²) in [5.41, 5.74) is 7.29. The largest absolute Gasteiger partial charge is 0.330 e. The zero-order valence-electron chi connectivity index (χ0n) is 10.4. The molecule has 2 N–H and O–H groups in total. The molecule has 1 aromatic rings. The Morgan fingerprint density at radius 1 is 1.06 bits per heavy atom. The highest BCUT2D eigenvalue weighted by molar-refractivity contribution is 5.15. The zero-order chi connectivity index (χ0) is 11.7. The summed E-state index contributed by atoms with van der Waals surface area (Å²) in [7, 11) is 0. The Morgan fingerprint density at radius 3 is 2.29 bits per heavy atom. The van der Waals surface area contributed by atoms with Crippen LogP contribution < -0.4 is 5.73 Å². The van der Waals surface area contributed by atoms with Gasteiger partial charge in [-0.05, 0) is 43.7 Å². The van der Waals surface area contributed by atoms with E-state index in [1.807, 2.05) is 0 Å². The quantitative estimate of drug-likeness (QED) is 0.864. The van der Waals surface area contributed by atoms with Gasteiger partial charge in [-0.25, -0.2) is 0 Å². The summed E-state index contributed by atoms with van der Waals surface area (Å²) < 4.78 is 0. The third-order valence-electron chi connectivity index (χ3n) is 4.52. The topological polar surface area (TPSA) is 29.3 Å². The van der Waals surface area contributed by atoms with Crippen molar-refractivity contribution in [2.75, 3.05) is 6.54 Å². The lowest BCUT2D eigenvalue weighted by Crippen LogP contribution is -2.43. The molecule has 0 radical (unpaired) electrons. The van der Waals surface area contributed by atoms with Crippen LogP contribution in [0.3, 0.4) is 0 Å². The van der Waals surface area contributed by atoms with Crippen LogP contribution in [0.15, 0.2) is 30.3 Å². The third-order valence-corrected chi connectivity index (χ3v) is 4.52. The monoisotopic (exact) mass is 230 g/mol.